The first-order chi connectivity index (χ1) is 8.00. The van der Waals surface area contributed by atoms with Crippen LogP contribution in [0.2, 0.25) is 0 Å². The summed E-state index contributed by atoms with van der Waals surface area (Å²) in [6.45, 7) is 0. The Kier molecular flexibility index (Phi) is 2.81. The van der Waals surface area contributed by atoms with Crippen LogP contribution in [0.15, 0.2) is 22.8 Å². The van der Waals surface area contributed by atoms with Crippen LogP contribution < -0.4 is 5.73 Å². The maximum absolute atomic E-state index is 13.6. The second kappa shape index (κ2) is 4.14. The Morgan fingerprint density at radius 2 is 2.18 bits per heavy atom. The maximum Gasteiger partial charge on any atom is 0.320 e. The van der Waals surface area contributed by atoms with E-state index in [1.54, 1.807) is 0 Å². The fraction of sp³-hybridized carbons (Fsp3) is 0.182. The second-order valence-corrected chi connectivity index (χ2v) is 3.63. The minimum Gasteiger partial charge on any atom is -0.480 e. The lowest BCUT2D eigenvalue weighted by molar-refractivity contribution is -0.138. The van der Waals surface area contributed by atoms with Crippen molar-refractivity contribution in [1.82, 2.24) is 0 Å². The number of nitrogens with two attached hydrogens (primary N) is 1. The number of fused-ring (bicyclic) bond motifs is 1. The Labute approximate surface area is 94.6 Å². The molecule has 0 fully saturated rings. The highest BCUT2D eigenvalue weighted by Crippen LogP contribution is 2.26. The topological polar surface area (TPSA) is 76.5 Å². The molecule has 4 nitrogen and oxygen atoms in total. The van der Waals surface area contributed by atoms with Crippen LogP contribution in [0.4, 0.5) is 8.78 Å². The summed E-state index contributed by atoms with van der Waals surface area (Å²) in [6, 6.07) is 0.800. The Morgan fingerprint density at radius 1 is 1.47 bits per heavy atom. The number of carboxylic acid groups (broad SMARTS) is 1. The Balaban J connectivity index is 2.53. The molecule has 1 aromatic carbocycles. The minimum atomic E-state index is -1.25. The first-order valence-corrected chi connectivity index (χ1v) is 4.83. The molecule has 1 heterocycles. The Morgan fingerprint density at radius 3 is 2.82 bits per heavy atom. The van der Waals surface area contributed by atoms with Gasteiger partial charge in [0.2, 0.25) is 0 Å². The highest BCUT2D eigenvalue weighted by molar-refractivity contribution is 5.83. The third-order valence-electron chi connectivity index (χ3n) is 2.49. The van der Waals surface area contributed by atoms with Gasteiger partial charge in [-0.15, -0.1) is 0 Å². The van der Waals surface area contributed by atoms with Crippen molar-refractivity contribution in [2.45, 2.75) is 12.5 Å². The molecule has 0 aliphatic carbocycles. The zero-order chi connectivity index (χ0) is 12.6. The van der Waals surface area contributed by atoms with E-state index in [2.05, 4.69) is 0 Å². The third kappa shape index (κ3) is 1.99. The molecule has 0 radical (unpaired) electrons. The van der Waals surface area contributed by atoms with Crippen molar-refractivity contribution in [2.75, 3.05) is 0 Å². The molecule has 2 rings (SSSR count). The van der Waals surface area contributed by atoms with Crippen molar-refractivity contribution < 1.29 is 23.1 Å². The summed E-state index contributed by atoms with van der Waals surface area (Å²) < 4.78 is 31.7. The van der Waals surface area contributed by atoms with Crippen LogP contribution >= 0.6 is 0 Å². The SMILES string of the molecule is NC(Cc1c(F)cc(F)c2occc12)C(=O)O. The molecular weight excluding hydrogens is 232 g/mol. The lowest BCUT2D eigenvalue weighted by Gasteiger charge is -2.08. The van der Waals surface area contributed by atoms with Crippen LogP contribution in [-0.2, 0) is 11.2 Å². The third-order valence-corrected chi connectivity index (χ3v) is 2.49. The molecule has 1 unspecified atom stereocenters. The average Bonchev–Trinajstić information content (AvgIpc) is 2.72. The molecule has 0 amide bonds. The van der Waals surface area contributed by atoms with Gasteiger partial charge >= 0.3 is 5.97 Å². The number of benzene rings is 1. The zero-order valence-corrected chi connectivity index (χ0v) is 8.61. The van der Waals surface area contributed by atoms with Gasteiger partial charge < -0.3 is 15.3 Å². The molecule has 1 atom stereocenters. The molecule has 3 N–H and O–H groups in total. The predicted molar refractivity (Wildman–Crippen MR) is 55.4 cm³/mol. The van der Waals surface area contributed by atoms with Gasteiger partial charge in [-0.25, -0.2) is 8.78 Å². The van der Waals surface area contributed by atoms with Gasteiger partial charge in [-0.1, -0.05) is 0 Å². The Hall–Kier alpha value is -1.95. The summed E-state index contributed by atoms with van der Waals surface area (Å²) in [4.78, 5) is 10.6. The first-order valence-electron chi connectivity index (χ1n) is 4.83. The molecule has 0 saturated heterocycles. The van der Waals surface area contributed by atoms with Gasteiger partial charge in [0, 0.05) is 23.4 Å². The van der Waals surface area contributed by atoms with E-state index < -0.39 is 23.6 Å². The van der Waals surface area contributed by atoms with Crippen LogP contribution in [0.25, 0.3) is 11.0 Å². The van der Waals surface area contributed by atoms with Crippen molar-refractivity contribution in [3.05, 3.63) is 35.6 Å². The lowest BCUT2D eigenvalue weighted by atomic mass is 10.0. The summed E-state index contributed by atoms with van der Waals surface area (Å²) in [6.07, 6.45) is 0.987. The minimum absolute atomic E-state index is 0.0463. The first kappa shape index (κ1) is 11.5. The summed E-state index contributed by atoms with van der Waals surface area (Å²) in [5.74, 6) is -2.89. The fourth-order valence-corrected chi connectivity index (χ4v) is 1.64. The fourth-order valence-electron chi connectivity index (χ4n) is 1.64. The number of rotatable bonds is 3. The number of hydrogen-bond donors (Lipinski definition) is 2. The predicted octanol–water partition coefficient (Wildman–Crippen LogP) is 1.67. The van der Waals surface area contributed by atoms with E-state index in [0.29, 0.717) is 6.07 Å². The highest BCUT2D eigenvalue weighted by atomic mass is 19.1. The summed E-state index contributed by atoms with van der Waals surface area (Å²) in [5.41, 5.74) is 5.27. The van der Waals surface area contributed by atoms with Crippen LogP contribution in [0.3, 0.4) is 0 Å². The van der Waals surface area contributed by atoms with E-state index in [1.807, 2.05) is 0 Å². The van der Waals surface area contributed by atoms with Gasteiger partial charge in [0.15, 0.2) is 11.4 Å². The lowest BCUT2D eigenvalue weighted by Crippen LogP contribution is -2.32. The number of halogens is 2. The standard InChI is InChI=1S/C11H9F2NO3/c12-7-4-8(13)10-5(1-2-17-10)6(7)3-9(14)11(15)16/h1-2,4,9H,3,14H2,(H,15,16). The molecule has 1 aromatic heterocycles. The van der Waals surface area contributed by atoms with E-state index in [0.717, 1.165) is 0 Å². The van der Waals surface area contributed by atoms with Gasteiger partial charge in [0.1, 0.15) is 11.9 Å². The van der Waals surface area contributed by atoms with Crippen LogP contribution in [-0.4, -0.2) is 17.1 Å². The van der Waals surface area contributed by atoms with Crippen molar-refractivity contribution in [3.8, 4) is 0 Å². The van der Waals surface area contributed by atoms with E-state index >= 15 is 0 Å². The molecule has 17 heavy (non-hydrogen) atoms. The Bertz CT molecular complexity index is 579. The molecule has 0 aliphatic rings. The van der Waals surface area contributed by atoms with Gasteiger partial charge in [0.25, 0.3) is 0 Å². The van der Waals surface area contributed by atoms with Crippen molar-refractivity contribution in [1.29, 1.82) is 0 Å². The number of furan rings is 1. The van der Waals surface area contributed by atoms with Gasteiger partial charge in [-0.2, -0.15) is 0 Å². The number of carboxylic acids is 1. The highest BCUT2D eigenvalue weighted by Gasteiger charge is 2.20. The molecule has 2 aromatic rings. The van der Waals surface area contributed by atoms with E-state index in [9.17, 15) is 13.6 Å². The largest absolute Gasteiger partial charge is 0.480 e. The van der Waals surface area contributed by atoms with Crippen molar-refractivity contribution in [3.63, 3.8) is 0 Å². The molecule has 0 bridgehead atoms. The van der Waals surface area contributed by atoms with Gasteiger partial charge in [-0.05, 0) is 6.07 Å². The quantitative estimate of drug-likeness (QED) is 0.856. The van der Waals surface area contributed by atoms with E-state index in [4.69, 9.17) is 15.3 Å². The summed E-state index contributed by atoms with van der Waals surface area (Å²) in [7, 11) is 0. The molecule has 0 aliphatic heterocycles. The normalized spacial score (nSPS) is 12.9. The van der Waals surface area contributed by atoms with Gasteiger partial charge in [-0.3, -0.25) is 4.79 Å². The summed E-state index contributed by atoms with van der Waals surface area (Å²) >= 11 is 0. The van der Waals surface area contributed by atoms with Gasteiger partial charge in [0.05, 0.1) is 6.26 Å². The van der Waals surface area contributed by atoms with Crippen LogP contribution in [0.5, 0.6) is 0 Å². The van der Waals surface area contributed by atoms with Crippen LogP contribution in [0.1, 0.15) is 5.56 Å². The van der Waals surface area contributed by atoms with Crippen LogP contribution in [0, 0.1) is 11.6 Å². The molecule has 6 heteroatoms. The van der Waals surface area contributed by atoms with Crippen molar-refractivity contribution >= 4 is 16.9 Å². The molecular formula is C11H9F2NO3. The van der Waals surface area contributed by atoms with Crippen molar-refractivity contribution in [2.24, 2.45) is 5.73 Å². The maximum atomic E-state index is 13.6. The monoisotopic (exact) mass is 241 g/mol. The molecule has 0 spiro atoms. The average molecular weight is 241 g/mol. The summed E-state index contributed by atoms with van der Waals surface area (Å²) in [5, 5.41) is 8.87. The van der Waals surface area contributed by atoms with E-state index in [-0.39, 0.29) is 23.0 Å². The zero-order valence-electron chi connectivity index (χ0n) is 8.61. The molecule has 90 valence electrons. The number of carbonyl (C=O) groups is 1. The smallest absolute Gasteiger partial charge is 0.320 e. The number of hydrogen-bond acceptors (Lipinski definition) is 3. The van der Waals surface area contributed by atoms with E-state index in [1.165, 1.54) is 12.3 Å². The number of aliphatic carboxylic acids is 1. The second-order valence-electron chi connectivity index (χ2n) is 3.63. The molecule has 0 saturated carbocycles.